The van der Waals surface area contributed by atoms with E-state index in [4.69, 9.17) is 4.74 Å². The van der Waals surface area contributed by atoms with Crippen LogP contribution in [0.25, 0.3) is 5.76 Å². The summed E-state index contributed by atoms with van der Waals surface area (Å²) in [5, 5.41) is 10.9. The minimum Gasteiger partial charge on any atom is -0.507 e. The molecule has 1 unspecified atom stereocenters. The number of carbonyl (C=O) groups is 2. The van der Waals surface area contributed by atoms with E-state index in [1.807, 2.05) is 0 Å². The Kier molecular flexibility index (Phi) is 5.49. The van der Waals surface area contributed by atoms with Crippen LogP contribution in [0.3, 0.4) is 0 Å². The fraction of sp³-hybridized carbons (Fsp3) is 0.125. The molecule has 156 valence electrons. The molecule has 1 saturated heterocycles. The fourth-order valence-electron chi connectivity index (χ4n) is 3.58. The Morgan fingerprint density at radius 1 is 1.06 bits per heavy atom. The molecular weight excluding hydrogens is 399 g/mol. The molecule has 1 aromatic heterocycles. The predicted octanol–water partition coefficient (Wildman–Crippen LogP) is 3.85. The largest absolute Gasteiger partial charge is 0.507 e. The summed E-state index contributed by atoms with van der Waals surface area (Å²) >= 11 is 0. The highest BCUT2D eigenvalue weighted by atomic mass is 19.1. The third kappa shape index (κ3) is 3.90. The molecule has 1 atom stereocenters. The monoisotopic (exact) mass is 418 g/mol. The van der Waals surface area contributed by atoms with Crippen LogP contribution < -0.4 is 4.74 Å². The van der Waals surface area contributed by atoms with Gasteiger partial charge in [0.1, 0.15) is 23.4 Å². The molecule has 7 heteroatoms. The van der Waals surface area contributed by atoms with Gasteiger partial charge in [0.15, 0.2) is 0 Å². The number of hydrogen-bond acceptors (Lipinski definition) is 5. The van der Waals surface area contributed by atoms with E-state index in [9.17, 15) is 19.1 Å². The van der Waals surface area contributed by atoms with Crippen LogP contribution >= 0.6 is 0 Å². The third-order valence-corrected chi connectivity index (χ3v) is 5.14. The van der Waals surface area contributed by atoms with Crippen molar-refractivity contribution in [2.24, 2.45) is 0 Å². The number of aromatic nitrogens is 1. The number of Topliss-reactive ketones (excluding diaryl/α,β-unsaturated/α-hetero) is 1. The van der Waals surface area contributed by atoms with Gasteiger partial charge in [-0.1, -0.05) is 18.2 Å². The number of nitrogens with zero attached hydrogens (tertiary/aromatic N) is 2. The molecule has 0 aliphatic carbocycles. The van der Waals surface area contributed by atoms with Crippen LogP contribution in [-0.4, -0.2) is 33.8 Å². The summed E-state index contributed by atoms with van der Waals surface area (Å²) in [6, 6.07) is 16.5. The fourth-order valence-corrected chi connectivity index (χ4v) is 3.58. The molecule has 1 fully saturated rings. The molecule has 1 aliphatic heterocycles. The number of aliphatic hydroxyl groups is 1. The molecule has 4 rings (SSSR count). The highest BCUT2D eigenvalue weighted by Crippen LogP contribution is 2.39. The quantitative estimate of drug-likeness (QED) is 0.387. The number of methoxy groups -OCH3 is 1. The van der Waals surface area contributed by atoms with Gasteiger partial charge < -0.3 is 14.7 Å². The lowest BCUT2D eigenvalue weighted by Gasteiger charge is -2.24. The van der Waals surface area contributed by atoms with Crippen LogP contribution in [0.15, 0.2) is 78.5 Å². The second-order valence-corrected chi connectivity index (χ2v) is 7.04. The first kappa shape index (κ1) is 20.3. The van der Waals surface area contributed by atoms with Crippen LogP contribution in [0.2, 0.25) is 0 Å². The topological polar surface area (TPSA) is 79.7 Å². The molecule has 0 saturated carbocycles. The third-order valence-electron chi connectivity index (χ3n) is 5.14. The molecule has 1 amide bonds. The van der Waals surface area contributed by atoms with E-state index in [1.165, 1.54) is 29.2 Å². The standard InChI is InChI=1S/C24H19FN2O4/c1-31-18-11-5-15(6-12-18)14-27-21(19-4-2-3-13-26-19)20(23(29)24(27)30)22(28)16-7-9-17(25)10-8-16/h2-13,21,28H,14H2,1H3/b22-20-. The number of halogens is 1. The SMILES string of the molecule is COc1ccc(CN2C(=O)C(=O)/C(=C(\O)c3ccc(F)cc3)C2c2ccccn2)cc1. The number of rotatable bonds is 5. The molecule has 0 spiro atoms. The summed E-state index contributed by atoms with van der Waals surface area (Å²) in [5.41, 5.74) is 1.39. The van der Waals surface area contributed by atoms with Crippen LogP contribution in [-0.2, 0) is 16.1 Å². The number of pyridine rings is 1. The number of aliphatic hydroxyl groups excluding tert-OH is 1. The summed E-state index contributed by atoms with van der Waals surface area (Å²) in [7, 11) is 1.56. The maximum atomic E-state index is 13.3. The lowest BCUT2D eigenvalue weighted by Crippen LogP contribution is -2.29. The number of likely N-dealkylation sites (tertiary alicyclic amines) is 1. The molecule has 2 heterocycles. The van der Waals surface area contributed by atoms with Crippen LogP contribution in [0.4, 0.5) is 4.39 Å². The van der Waals surface area contributed by atoms with Gasteiger partial charge in [-0.15, -0.1) is 0 Å². The zero-order chi connectivity index (χ0) is 22.0. The predicted molar refractivity (Wildman–Crippen MR) is 111 cm³/mol. The van der Waals surface area contributed by atoms with Gasteiger partial charge in [0.25, 0.3) is 11.7 Å². The van der Waals surface area contributed by atoms with Crippen LogP contribution in [0.1, 0.15) is 22.9 Å². The van der Waals surface area contributed by atoms with Crippen molar-refractivity contribution >= 4 is 17.4 Å². The highest BCUT2D eigenvalue weighted by molar-refractivity contribution is 6.46. The summed E-state index contributed by atoms with van der Waals surface area (Å²) in [6.45, 7) is 0.135. The van der Waals surface area contributed by atoms with Crippen molar-refractivity contribution in [3.8, 4) is 5.75 Å². The molecule has 0 radical (unpaired) electrons. The maximum Gasteiger partial charge on any atom is 0.296 e. The normalized spacial score (nSPS) is 17.7. The van der Waals surface area contributed by atoms with Gasteiger partial charge in [-0.3, -0.25) is 14.6 Å². The average Bonchev–Trinajstić information content (AvgIpc) is 3.05. The van der Waals surface area contributed by atoms with E-state index >= 15 is 0 Å². The van der Waals surface area contributed by atoms with Crippen molar-refractivity contribution in [3.63, 3.8) is 0 Å². The number of carbonyl (C=O) groups excluding carboxylic acids is 2. The molecule has 1 aliphatic rings. The minimum atomic E-state index is -0.881. The zero-order valence-electron chi connectivity index (χ0n) is 16.7. The Morgan fingerprint density at radius 2 is 1.77 bits per heavy atom. The Morgan fingerprint density at radius 3 is 2.39 bits per heavy atom. The van der Waals surface area contributed by atoms with Crippen molar-refractivity contribution in [2.75, 3.05) is 7.11 Å². The Balaban J connectivity index is 1.80. The van der Waals surface area contributed by atoms with Gasteiger partial charge in [0.2, 0.25) is 0 Å². The molecule has 31 heavy (non-hydrogen) atoms. The van der Waals surface area contributed by atoms with E-state index in [2.05, 4.69) is 4.98 Å². The number of ketones is 1. The van der Waals surface area contributed by atoms with E-state index in [0.29, 0.717) is 11.4 Å². The molecular formula is C24H19FN2O4. The van der Waals surface area contributed by atoms with E-state index < -0.39 is 23.5 Å². The number of amides is 1. The number of ether oxygens (including phenoxy) is 1. The first-order valence-electron chi connectivity index (χ1n) is 9.58. The maximum absolute atomic E-state index is 13.3. The lowest BCUT2D eigenvalue weighted by atomic mass is 9.98. The van der Waals surface area contributed by atoms with E-state index in [-0.39, 0.29) is 23.4 Å². The molecule has 2 aromatic carbocycles. The number of hydrogen-bond donors (Lipinski definition) is 1. The summed E-state index contributed by atoms with van der Waals surface area (Å²) in [5.74, 6) is -1.73. The van der Waals surface area contributed by atoms with Gasteiger partial charge >= 0.3 is 0 Å². The van der Waals surface area contributed by atoms with Crippen molar-refractivity contribution in [1.82, 2.24) is 9.88 Å². The second kappa shape index (κ2) is 8.39. The molecule has 3 aromatic rings. The van der Waals surface area contributed by atoms with Crippen molar-refractivity contribution < 1.29 is 23.8 Å². The Labute approximate surface area is 178 Å². The average molecular weight is 418 g/mol. The van der Waals surface area contributed by atoms with Gasteiger partial charge in [0, 0.05) is 18.3 Å². The van der Waals surface area contributed by atoms with Crippen molar-refractivity contribution in [3.05, 3.63) is 101 Å². The van der Waals surface area contributed by atoms with Gasteiger partial charge in [0.05, 0.1) is 18.4 Å². The van der Waals surface area contributed by atoms with E-state index in [0.717, 1.165) is 5.56 Å². The van der Waals surface area contributed by atoms with Gasteiger partial charge in [-0.25, -0.2) is 4.39 Å². The molecule has 0 bridgehead atoms. The van der Waals surface area contributed by atoms with Gasteiger partial charge in [-0.05, 0) is 54.1 Å². The van der Waals surface area contributed by atoms with Gasteiger partial charge in [-0.2, -0.15) is 0 Å². The number of benzene rings is 2. The Bertz CT molecular complexity index is 1140. The summed E-state index contributed by atoms with van der Waals surface area (Å²) < 4.78 is 18.5. The smallest absolute Gasteiger partial charge is 0.296 e. The van der Waals surface area contributed by atoms with Crippen molar-refractivity contribution in [1.29, 1.82) is 0 Å². The van der Waals surface area contributed by atoms with Crippen LogP contribution in [0.5, 0.6) is 5.75 Å². The second-order valence-electron chi connectivity index (χ2n) is 7.04. The molecule has 6 nitrogen and oxygen atoms in total. The first-order valence-corrected chi connectivity index (χ1v) is 9.58. The highest BCUT2D eigenvalue weighted by Gasteiger charge is 2.46. The summed E-state index contributed by atoms with van der Waals surface area (Å²) in [6.07, 6.45) is 1.56. The zero-order valence-corrected chi connectivity index (χ0v) is 16.7. The summed E-state index contributed by atoms with van der Waals surface area (Å²) in [4.78, 5) is 31.6. The minimum absolute atomic E-state index is 0.0798. The van der Waals surface area contributed by atoms with E-state index in [1.54, 1.807) is 55.8 Å². The Hall–Kier alpha value is -4.00. The van der Waals surface area contributed by atoms with Crippen LogP contribution in [0, 0.1) is 5.82 Å². The lowest BCUT2D eigenvalue weighted by molar-refractivity contribution is -0.140. The molecule has 1 N–H and O–H groups in total. The van der Waals surface area contributed by atoms with Crippen molar-refractivity contribution in [2.45, 2.75) is 12.6 Å². The first-order chi connectivity index (χ1) is 15.0.